The molecule has 0 saturated carbocycles. The number of benzene rings is 3. The van der Waals surface area contributed by atoms with E-state index in [2.05, 4.69) is 85.8 Å². The second-order valence-electron chi connectivity index (χ2n) is 5.48. The van der Waals surface area contributed by atoms with E-state index < -0.39 is 6.04 Å². The summed E-state index contributed by atoms with van der Waals surface area (Å²) in [4.78, 5) is 0. The Labute approximate surface area is 143 Å². The molecule has 0 atom stereocenters. The summed E-state index contributed by atoms with van der Waals surface area (Å²) in [5.41, 5.74) is 1.20. The standard InChI is InChI=1S/C21H19PS/c1-18(17-19-11-5-2-6-12-19)22(23,20-13-7-3-8-14-20)21-15-9-4-10-16-21/h2-17H,1H3/b18-17+. The summed E-state index contributed by atoms with van der Waals surface area (Å²) in [5, 5.41) is 3.74. The van der Waals surface area contributed by atoms with Gasteiger partial charge in [-0.3, -0.25) is 0 Å². The molecule has 0 unspecified atom stereocenters. The Morgan fingerprint density at radius 3 is 1.52 bits per heavy atom. The molecule has 23 heavy (non-hydrogen) atoms. The summed E-state index contributed by atoms with van der Waals surface area (Å²) < 4.78 is 0. The minimum absolute atomic E-state index is 1.20. The zero-order chi connectivity index (χ0) is 16.1. The Kier molecular flexibility index (Phi) is 4.91. The highest BCUT2D eigenvalue weighted by atomic mass is 32.4. The van der Waals surface area contributed by atoms with Crippen LogP contribution in [-0.4, -0.2) is 0 Å². The third-order valence-corrected chi connectivity index (χ3v) is 9.21. The summed E-state index contributed by atoms with van der Waals surface area (Å²) in [6, 6.07) is 29.5. The van der Waals surface area contributed by atoms with Crippen LogP contribution < -0.4 is 10.6 Å². The van der Waals surface area contributed by atoms with Crippen LogP contribution in [0.2, 0.25) is 0 Å². The van der Waals surface area contributed by atoms with E-state index in [1.165, 1.54) is 21.5 Å². The highest BCUT2D eigenvalue weighted by molar-refractivity contribution is 8.24. The largest absolute Gasteiger partial charge is 0.0829 e. The van der Waals surface area contributed by atoms with Crippen molar-refractivity contribution < 1.29 is 0 Å². The van der Waals surface area contributed by atoms with Crippen molar-refractivity contribution >= 4 is 34.5 Å². The molecule has 0 aromatic heterocycles. The van der Waals surface area contributed by atoms with E-state index in [1.54, 1.807) is 0 Å². The van der Waals surface area contributed by atoms with Crippen LogP contribution in [0.1, 0.15) is 12.5 Å². The molecule has 0 aliphatic rings. The van der Waals surface area contributed by atoms with Crippen LogP contribution in [0.3, 0.4) is 0 Å². The minimum Gasteiger partial charge on any atom is -0.0829 e. The molecule has 0 saturated heterocycles. The second kappa shape index (κ2) is 7.08. The zero-order valence-corrected chi connectivity index (χ0v) is 14.8. The molecule has 0 heterocycles. The van der Waals surface area contributed by atoms with Crippen molar-refractivity contribution in [1.29, 1.82) is 0 Å². The lowest BCUT2D eigenvalue weighted by molar-refractivity contribution is 1.62. The second-order valence-corrected chi connectivity index (χ2v) is 10.1. The van der Waals surface area contributed by atoms with Gasteiger partial charge in [0.25, 0.3) is 0 Å². The van der Waals surface area contributed by atoms with Crippen LogP contribution in [0.4, 0.5) is 0 Å². The third kappa shape index (κ3) is 3.37. The first-order valence-electron chi connectivity index (χ1n) is 7.66. The maximum absolute atomic E-state index is 6.30. The zero-order valence-electron chi connectivity index (χ0n) is 13.1. The molecule has 0 spiro atoms. The van der Waals surface area contributed by atoms with Crippen LogP contribution in [0.5, 0.6) is 0 Å². The molecule has 3 rings (SSSR count). The number of hydrogen-bond donors (Lipinski definition) is 0. The van der Waals surface area contributed by atoms with Gasteiger partial charge < -0.3 is 0 Å². The lowest BCUT2D eigenvalue weighted by Gasteiger charge is -2.24. The van der Waals surface area contributed by atoms with E-state index in [1.807, 2.05) is 18.2 Å². The van der Waals surface area contributed by atoms with E-state index in [0.717, 1.165) is 0 Å². The Morgan fingerprint density at radius 2 is 1.09 bits per heavy atom. The summed E-state index contributed by atoms with van der Waals surface area (Å²) in [6.07, 6.45) is 2.24. The van der Waals surface area contributed by atoms with E-state index >= 15 is 0 Å². The van der Waals surface area contributed by atoms with Crippen molar-refractivity contribution in [2.24, 2.45) is 0 Å². The summed E-state index contributed by atoms with van der Waals surface area (Å²) in [6.45, 7) is 2.17. The van der Waals surface area contributed by atoms with Gasteiger partial charge in [0.1, 0.15) is 0 Å². The van der Waals surface area contributed by atoms with Gasteiger partial charge in [-0.2, -0.15) is 0 Å². The van der Waals surface area contributed by atoms with E-state index in [-0.39, 0.29) is 0 Å². The van der Waals surface area contributed by atoms with Crippen molar-refractivity contribution in [2.75, 3.05) is 0 Å². The fraction of sp³-hybridized carbons (Fsp3) is 0.0476. The van der Waals surface area contributed by atoms with Gasteiger partial charge in [0.15, 0.2) is 0 Å². The van der Waals surface area contributed by atoms with Crippen LogP contribution in [0.15, 0.2) is 96.3 Å². The Hall–Kier alpha value is -1.95. The van der Waals surface area contributed by atoms with Crippen LogP contribution >= 0.6 is 6.04 Å². The van der Waals surface area contributed by atoms with E-state index in [0.29, 0.717) is 0 Å². The Morgan fingerprint density at radius 1 is 0.696 bits per heavy atom. The maximum atomic E-state index is 6.30. The van der Waals surface area contributed by atoms with Crippen molar-refractivity contribution in [3.63, 3.8) is 0 Å². The molecule has 0 aliphatic heterocycles. The van der Waals surface area contributed by atoms with Crippen LogP contribution in [0, 0.1) is 0 Å². The number of rotatable bonds is 4. The lowest BCUT2D eigenvalue weighted by Crippen LogP contribution is -2.16. The molecular formula is C21H19PS. The first-order chi connectivity index (χ1) is 11.2. The summed E-state index contributed by atoms with van der Waals surface area (Å²) >= 11 is 6.30. The predicted octanol–water partition coefficient (Wildman–Crippen LogP) is 5.18. The highest BCUT2D eigenvalue weighted by Gasteiger charge is 2.23. The minimum atomic E-state index is -1.99. The quantitative estimate of drug-likeness (QED) is 0.593. The summed E-state index contributed by atoms with van der Waals surface area (Å²) in [5.74, 6) is 0. The molecule has 0 aliphatic carbocycles. The van der Waals surface area contributed by atoms with Gasteiger partial charge in [0.05, 0.1) is 0 Å². The van der Waals surface area contributed by atoms with Crippen molar-refractivity contribution in [3.8, 4) is 0 Å². The van der Waals surface area contributed by atoms with Crippen LogP contribution in [-0.2, 0) is 11.8 Å². The molecule has 0 bridgehead atoms. The maximum Gasteiger partial charge on any atom is 0.0338 e. The predicted molar refractivity (Wildman–Crippen MR) is 107 cm³/mol. The third-order valence-electron chi connectivity index (χ3n) is 3.91. The summed E-state index contributed by atoms with van der Waals surface area (Å²) in [7, 11) is 0. The fourth-order valence-corrected chi connectivity index (χ4v) is 6.23. The van der Waals surface area contributed by atoms with Crippen molar-refractivity contribution in [1.82, 2.24) is 0 Å². The van der Waals surface area contributed by atoms with E-state index in [4.69, 9.17) is 11.8 Å². The van der Waals surface area contributed by atoms with Gasteiger partial charge in [-0.1, -0.05) is 109 Å². The molecule has 2 heteroatoms. The molecule has 3 aromatic carbocycles. The van der Waals surface area contributed by atoms with Gasteiger partial charge in [0, 0.05) is 6.04 Å². The molecule has 0 amide bonds. The van der Waals surface area contributed by atoms with Crippen molar-refractivity contribution in [3.05, 3.63) is 102 Å². The van der Waals surface area contributed by atoms with Gasteiger partial charge in [0.2, 0.25) is 0 Å². The molecule has 0 radical (unpaired) electrons. The Bertz CT molecular complexity index is 793. The lowest BCUT2D eigenvalue weighted by atomic mass is 10.2. The molecule has 3 aromatic rings. The molecule has 114 valence electrons. The van der Waals surface area contributed by atoms with Gasteiger partial charge in [-0.25, -0.2) is 0 Å². The average Bonchev–Trinajstić information content (AvgIpc) is 2.63. The Balaban J connectivity index is 2.17. The van der Waals surface area contributed by atoms with Crippen LogP contribution in [0.25, 0.3) is 6.08 Å². The highest BCUT2D eigenvalue weighted by Crippen LogP contribution is 2.52. The van der Waals surface area contributed by atoms with Gasteiger partial charge in [-0.15, -0.1) is 0 Å². The molecule has 0 nitrogen and oxygen atoms in total. The number of hydrogen-bond acceptors (Lipinski definition) is 1. The topological polar surface area (TPSA) is 0 Å². The normalized spacial score (nSPS) is 12.1. The molecule has 0 fully saturated rings. The molecular weight excluding hydrogens is 315 g/mol. The fourth-order valence-electron chi connectivity index (χ4n) is 2.71. The smallest absolute Gasteiger partial charge is 0.0338 e. The van der Waals surface area contributed by atoms with E-state index in [9.17, 15) is 0 Å². The number of allylic oxidation sites excluding steroid dienone is 1. The molecule has 0 N–H and O–H groups in total. The SMILES string of the molecule is C/C(=C\c1ccccc1)P(=S)(c1ccccc1)c1ccccc1. The van der Waals surface area contributed by atoms with Gasteiger partial charge in [-0.05, 0) is 28.4 Å². The first kappa shape index (κ1) is 15.9. The van der Waals surface area contributed by atoms with Crippen molar-refractivity contribution in [2.45, 2.75) is 6.92 Å². The van der Waals surface area contributed by atoms with Gasteiger partial charge >= 0.3 is 0 Å². The first-order valence-corrected chi connectivity index (χ1v) is 10.5. The average molecular weight is 334 g/mol. The monoisotopic (exact) mass is 334 g/mol.